The van der Waals surface area contributed by atoms with Gasteiger partial charge in [-0.1, -0.05) is 0 Å². The third kappa shape index (κ3) is 7.32. The first-order chi connectivity index (χ1) is 10.1. The van der Waals surface area contributed by atoms with Gasteiger partial charge in [-0.05, 0) is 37.0 Å². The lowest BCUT2D eigenvalue weighted by Gasteiger charge is -2.04. The predicted molar refractivity (Wildman–Crippen MR) is 85.1 cm³/mol. The van der Waals surface area contributed by atoms with E-state index in [1.807, 2.05) is 6.26 Å². The van der Waals surface area contributed by atoms with E-state index in [0.717, 1.165) is 18.6 Å². The summed E-state index contributed by atoms with van der Waals surface area (Å²) in [5.41, 5.74) is 0. The minimum absolute atomic E-state index is 0.0316. The highest BCUT2D eigenvalue weighted by Crippen LogP contribution is 2.13. The maximum atomic E-state index is 12.0. The monoisotopic (exact) mass is 336 g/mol. The van der Waals surface area contributed by atoms with Gasteiger partial charge in [-0.2, -0.15) is 11.8 Å². The number of rotatable bonds is 12. The summed E-state index contributed by atoms with van der Waals surface area (Å²) in [6.07, 6.45) is 3.86. The van der Waals surface area contributed by atoms with Crippen LogP contribution in [0.3, 0.4) is 0 Å². The SMILES string of the molecule is COCCNCc1ccc(S(=O)(=O)NCCCCSC)o1. The van der Waals surface area contributed by atoms with E-state index in [0.29, 0.717) is 32.0 Å². The van der Waals surface area contributed by atoms with Crippen molar-refractivity contribution in [1.82, 2.24) is 10.0 Å². The number of hydrogen-bond acceptors (Lipinski definition) is 6. The van der Waals surface area contributed by atoms with Gasteiger partial charge in [0.05, 0.1) is 13.2 Å². The molecule has 1 aromatic rings. The highest BCUT2D eigenvalue weighted by Gasteiger charge is 2.17. The fourth-order valence-electron chi connectivity index (χ4n) is 1.63. The smallest absolute Gasteiger partial charge is 0.273 e. The van der Waals surface area contributed by atoms with Gasteiger partial charge < -0.3 is 14.5 Å². The molecule has 0 saturated carbocycles. The normalized spacial score (nSPS) is 11.9. The Bertz CT molecular complexity index is 488. The number of hydrogen-bond donors (Lipinski definition) is 2. The summed E-state index contributed by atoms with van der Waals surface area (Å²) in [7, 11) is -1.91. The Morgan fingerprint density at radius 2 is 2.10 bits per heavy atom. The molecule has 21 heavy (non-hydrogen) atoms. The van der Waals surface area contributed by atoms with E-state index in [2.05, 4.69) is 10.0 Å². The average Bonchev–Trinajstić information content (AvgIpc) is 2.93. The molecule has 0 amide bonds. The van der Waals surface area contributed by atoms with Crippen molar-refractivity contribution in [3.8, 4) is 0 Å². The molecule has 2 N–H and O–H groups in total. The maximum Gasteiger partial charge on any atom is 0.273 e. The Balaban J connectivity index is 2.39. The van der Waals surface area contributed by atoms with E-state index in [4.69, 9.17) is 9.15 Å². The molecule has 0 aliphatic rings. The molecule has 0 saturated heterocycles. The lowest BCUT2D eigenvalue weighted by Crippen LogP contribution is -2.24. The lowest BCUT2D eigenvalue weighted by molar-refractivity contribution is 0.198. The number of sulfonamides is 1. The Morgan fingerprint density at radius 3 is 2.81 bits per heavy atom. The number of thioether (sulfide) groups is 1. The minimum atomic E-state index is -3.54. The molecule has 0 radical (unpaired) electrons. The Labute approximate surface area is 131 Å². The third-order valence-electron chi connectivity index (χ3n) is 2.75. The van der Waals surface area contributed by atoms with E-state index in [9.17, 15) is 8.42 Å². The van der Waals surface area contributed by atoms with Gasteiger partial charge >= 0.3 is 0 Å². The number of nitrogens with one attached hydrogen (secondary N) is 2. The van der Waals surface area contributed by atoms with Gasteiger partial charge in [-0.3, -0.25) is 0 Å². The van der Waals surface area contributed by atoms with Crippen molar-refractivity contribution in [2.24, 2.45) is 0 Å². The summed E-state index contributed by atoms with van der Waals surface area (Å²) in [6, 6.07) is 3.15. The molecule has 0 spiro atoms. The standard InChI is InChI=1S/C13H24N2O4S2/c1-18-9-8-14-11-12-5-6-13(19-12)21(16,17)15-7-3-4-10-20-2/h5-6,14-15H,3-4,7-11H2,1-2H3. The first-order valence-electron chi connectivity index (χ1n) is 6.87. The molecule has 1 rings (SSSR count). The molecule has 0 atom stereocenters. The Hall–Kier alpha value is -0.540. The molecule has 8 heteroatoms. The second-order valence-electron chi connectivity index (χ2n) is 4.49. The molecular weight excluding hydrogens is 312 g/mol. The van der Waals surface area contributed by atoms with Crippen LogP contribution >= 0.6 is 11.8 Å². The van der Waals surface area contributed by atoms with Gasteiger partial charge in [0.2, 0.25) is 5.09 Å². The predicted octanol–water partition coefficient (Wildman–Crippen LogP) is 1.44. The summed E-state index contributed by atoms with van der Waals surface area (Å²) < 4.78 is 36.8. The van der Waals surface area contributed by atoms with Gasteiger partial charge in [0.25, 0.3) is 10.0 Å². The molecular formula is C13H24N2O4S2. The van der Waals surface area contributed by atoms with Gasteiger partial charge in [0, 0.05) is 20.2 Å². The highest BCUT2D eigenvalue weighted by atomic mass is 32.2. The molecule has 0 aromatic carbocycles. The van der Waals surface area contributed by atoms with Crippen LogP contribution in [-0.2, 0) is 21.3 Å². The van der Waals surface area contributed by atoms with Crippen molar-refractivity contribution in [2.45, 2.75) is 24.5 Å². The molecule has 1 aromatic heterocycles. The van der Waals surface area contributed by atoms with Crippen molar-refractivity contribution >= 4 is 21.8 Å². The molecule has 0 fully saturated rings. The highest BCUT2D eigenvalue weighted by molar-refractivity contribution is 7.98. The van der Waals surface area contributed by atoms with Crippen LogP contribution in [0.4, 0.5) is 0 Å². The molecule has 1 heterocycles. The van der Waals surface area contributed by atoms with Crippen LogP contribution in [0.5, 0.6) is 0 Å². The van der Waals surface area contributed by atoms with E-state index in [1.54, 1.807) is 24.9 Å². The van der Waals surface area contributed by atoms with E-state index in [-0.39, 0.29) is 5.09 Å². The van der Waals surface area contributed by atoms with Crippen LogP contribution in [-0.4, -0.2) is 47.2 Å². The largest absolute Gasteiger partial charge is 0.447 e. The van der Waals surface area contributed by atoms with Crippen molar-refractivity contribution < 1.29 is 17.6 Å². The second-order valence-corrected chi connectivity index (χ2v) is 7.17. The van der Waals surface area contributed by atoms with Gasteiger partial charge in [-0.25, -0.2) is 13.1 Å². The van der Waals surface area contributed by atoms with E-state index < -0.39 is 10.0 Å². The van der Waals surface area contributed by atoms with Crippen LogP contribution in [0.15, 0.2) is 21.6 Å². The fraction of sp³-hybridized carbons (Fsp3) is 0.692. The van der Waals surface area contributed by atoms with Crippen LogP contribution in [0.2, 0.25) is 0 Å². The number of furan rings is 1. The summed E-state index contributed by atoms with van der Waals surface area (Å²) in [4.78, 5) is 0. The zero-order valence-electron chi connectivity index (χ0n) is 12.6. The Morgan fingerprint density at radius 1 is 1.29 bits per heavy atom. The molecule has 6 nitrogen and oxygen atoms in total. The zero-order chi connectivity index (χ0) is 15.6. The number of ether oxygens (including phenoxy) is 1. The van der Waals surface area contributed by atoms with Crippen molar-refractivity contribution in [3.63, 3.8) is 0 Å². The lowest BCUT2D eigenvalue weighted by atomic mass is 10.3. The van der Waals surface area contributed by atoms with Crippen LogP contribution in [0.25, 0.3) is 0 Å². The zero-order valence-corrected chi connectivity index (χ0v) is 14.2. The first-order valence-corrected chi connectivity index (χ1v) is 9.75. The van der Waals surface area contributed by atoms with Gasteiger partial charge in [0.15, 0.2) is 0 Å². The van der Waals surface area contributed by atoms with Crippen LogP contribution < -0.4 is 10.0 Å². The topological polar surface area (TPSA) is 80.6 Å². The molecule has 122 valence electrons. The Kier molecular flexibility index (Phi) is 9.02. The number of methoxy groups -OCH3 is 1. The van der Waals surface area contributed by atoms with E-state index in [1.165, 1.54) is 6.07 Å². The summed E-state index contributed by atoms with van der Waals surface area (Å²) in [6.45, 7) is 2.20. The molecule has 0 aliphatic carbocycles. The van der Waals surface area contributed by atoms with Gasteiger partial charge in [0.1, 0.15) is 5.76 Å². The molecule has 0 bridgehead atoms. The van der Waals surface area contributed by atoms with Crippen molar-refractivity contribution in [2.75, 3.05) is 38.8 Å². The number of unbranched alkanes of at least 4 members (excludes halogenated alkanes) is 1. The summed E-state index contributed by atoms with van der Waals surface area (Å²) in [5.74, 6) is 1.63. The molecule has 0 aliphatic heterocycles. The third-order valence-corrected chi connectivity index (χ3v) is 4.78. The molecule has 0 unspecified atom stereocenters. The minimum Gasteiger partial charge on any atom is -0.447 e. The van der Waals surface area contributed by atoms with Crippen molar-refractivity contribution in [3.05, 3.63) is 17.9 Å². The fourth-order valence-corrected chi connectivity index (χ4v) is 3.14. The van der Waals surface area contributed by atoms with Gasteiger partial charge in [-0.15, -0.1) is 0 Å². The summed E-state index contributed by atoms with van der Waals surface area (Å²) >= 11 is 1.76. The summed E-state index contributed by atoms with van der Waals surface area (Å²) in [5, 5.41) is 3.07. The second kappa shape index (κ2) is 10.2. The quantitative estimate of drug-likeness (QED) is 0.562. The van der Waals surface area contributed by atoms with E-state index >= 15 is 0 Å². The first kappa shape index (κ1) is 18.5. The average molecular weight is 336 g/mol. The maximum absolute atomic E-state index is 12.0. The van der Waals surface area contributed by atoms with Crippen molar-refractivity contribution in [1.29, 1.82) is 0 Å². The van der Waals surface area contributed by atoms with Crippen LogP contribution in [0, 0.1) is 0 Å². The van der Waals surface area contributed by atoms with Crippen LogP contribution in [0.1, 0.15) is 18.6 Å².